The molecule has 0 spiro atoms. The van der Waals surface area contributed by atoms with Crippen LogP contribution < -0.4 is 0 Å². The summed E-state index contributed by atoms with van der Waals surface area (Å²) in [5, 5.41) is 1.41. The number of aromatic nitrogens is 1. The largest absolute Gasteiger partial charge is 0.361 e. The zero-order chi connectivity index (χ0) is 11.0. The molecule has 0 amide bonds. The molecule has 1 aromatic heterocycles. The molecule has 3 rings (SSSR count). The summed E-state index contributed by atoms with van der Waals surface area (Å²) in [4.78, 5) is 3.40. The van der Waals surface area contributed by atoms with Gasteiger partial charge in [-0.15, -0.1) is 0 Å². The maximum atomic E-state index is 3.52. The molecule has 0 bridgehead atoms. The SMILES string of the molecule is Brc1ccc2c(C3CCCCC3)c[nH]c2c1. The van der Waals surface area contributed by atoms with E-state index in [2.05, 4.69) is 45.3 Å². The molecule has 0 unspecified atom stereocenters. The Morgan fingerprint density at radius 3 is 2.75 bits per heavy atom. The Morgan fingerprint density at radius 1 is 1.12 bits per heavy atom. The topological polar surface area (TPSA) is 15.8 Å². The maximum absolute atomic E-state index is 3.52. The van der Waals surface area contributed by atoms with Crippen molar-refractivity contribution in [2.75, 3.05) is 0 Å². The van der Waals surface area contributed by atoms with Crippen LogP contribution in [0.5, 0.6) is 0 Å². The Balaban J connectivity index is 2.03. The minimum atomic E-state index is 0.781. The Labute approximate surface area is 104 Å². The predicted octanol–water partition coefficient (Wildman–Crippen LogP) is 4.98. The average molecular weight is 278 g/mol. The summed E-state index contributed by atoms with van der Waals surface area (Å²) in [6, 6.07) is 6.55. The first-order valence-electron chi connectivity index (χ1n) is 6.11. The number of fused-ring (bicyclic) bond motifs is 1. The molecule has 0 atom stereocenters. The van der Waals surface area contributed by atoms with E-state index in [1.165, 1.54) is 48.6 Å². The minimum Gasteiger partial charge on any atom is -0.361 e. The van der Waals surface area contributed by atoms with Crippen molar-refractivity contribution < 1.29 is 0 Å². The number of hydrogen-bond acceptors (Lipinski definition) is 0. The second-order valence-corrected chi connectivity index (χ2v) is 5.68. The number of aromatic amines is 1. The number of H-pyrrole nitrogens is 1. The first-order valence-corrected chi connectivity index (χ1v) is 6.90. The van der Waals surface area contributed by atoms with Gasteiger partial charge in [0.05, 0.1) is 0 Å². The lowest BCUT2D eigenvalue weighted by atomic mass is 9.84. The number of hydrogen-bond donors (Lipinski definition) is 1. The van der Waals surface area contributed by atoms with E-state index in [0.717, 1.165) is 10.4 Å². The van der Waals surface area contributed by atoms with Crippen LogP contribution in [0.3, 0.4) is 0 Å². The molecule has 1 aromatic carbocycles. The van der Waals surface area contributed by atoms with Crippen LogP contribution in [0.1, 0.15) is 43.6 Å². The van der Waals surface area contributed by atoms with E-state index in [9.17, 15) is 0 Å². The van der Waals surface area contributed by atoms with Gasteiger partial charge < -0.3 is 4.98 Å². The molecule has 1 fully saturated rings. The summed E-state index contributed by atoms with van der Waals surface area (Å²) in [5.41, 5.74) is 2.79. The number of benzene rings is 1. The highest BCUT2D eigenvalue weighted by molar-refractivity contribution is 9.10. The number of rotatable bonds is 1. The molecule has 16 heavy (non-hydrogen) atoms. The van der Waals surface area contributed by atoms with Crippen LogP contribution in [0.25, 0.3) is 10.9 Å². The molecule has 1 saturated carbocycles. The van der Waals surface area contributed by atoms with E-state index in [0.29, 0.717) is 0 Å². The van der Waals surface area contributed by atoms with E-state index in [1.54, 1.807) is 0 Å². The molecule has 0 saturated heterocycles. The van der Waals surface area contributed by atoms with Crippen molar-refractivity contribution in [2.45, 2.75) is 38.0 Å². The fourth-order valence-corrected chi connectivity index (χ4v) is 3.23. The number of halogens is 1. The van der Waals surface area contributed by atoms with Crippen molar-refractivity contribution >= 4 is 26.8 Å². The molecular formula is C14H16BrN. The molecule has 2 heteroatoms. The summed E-state index contributed by atoms with van der Waals surface area (Å²) in [6.07, 6.45) is 9.16. The normalized spacial score (nSPS) is 18.1. The number of nitrogens with one attached hydrogen (secondary N) is 1. The standard InChI is InChI=1S/C14H16BrN/c15-11-6-7-12-13(9-16-14(12)8-11)10-4-2-1-3-5-10/h6-10,16H,1-5H2. The molecular weight excluding hydrogens is 262 g/mol. The van der Waals surface area contributed by atoms with Gasteiger partial charge in [0.2, 0.25) is 0 Å². The van der Waals surface area contributed by atoms with E-state index in [1.807, 2.05) is 0 Å². The lowest BCUT2D eigenvalue weighted by Gasteiger charge is -2.21. The smallest absolute Gasteiger partial charge is 0.0468 e. The third-order valence-corrected chi connectivity index (χ3v) is 4.21. The highest BCUT2D eigenvalue weighted by Crippen LogP contribution is 2.36. The highest BCUT2D eigenvalue weighted by atomic mass is 79.9. The molecule has 0 radical (unpaired) electrons. The summed E-state index contributed by atoms with van der Waals surface area (Å²) in [6.45, 7) is 0. The van der Waals surface area contributed by atoms with Gasteiger partial charge in [-0.25, -0.2) is 0 Å². The molecule has 1 N–H and O–H groups in total. The van der Waals surface area contributed by atoms with Crippen molar-refractivity contribution in [1.29, 1.82) is 0 Å². The fourth-order valence-electron chi connectivity index (χ4n) is 2.87. The average Bonchev–Trinajstić information content (AvgIpc) is 2.73. The van der Waals surface area contributed by atoms with Crippen molar-refractivity contribution in [3.8, 4) is 0 Å². The first kappa shape index (κ1) is 10.4. The van der Waals surface area contributed by atoms with Gasteiger partial charge in [-0.2, -0.15) is 0 Å². The Hall–Kier alpha value is -0.760. The molecule has 84 valence electrons. The zero-order valence-corrected chi connectivity index (χ0v) is 10.9. The monoisotopic (exact) mass is 277 g/mol. The second kappa shape index (κ2) is 4.25. The zero-order valence-electron chi connectivity index (χ0n) is 9.30. The van der Waals surface area contributed by atoms with Gasteiger partial charge >= 0.3 is 0 Å². The maximum Gasteiger partial charge on any atom is 0.0468 e. The summed E-state index contributed by atoms with van der Waals surface area (Å²) >= 11 is 3.52. The quantitative estimate of drug-likeness (QED) is 0.757. The van der Waals surface area contributed by atoms with Gasteiger partial charge in [0, 0.05) is 21.6 Å². The Kier molecular flexibility index (Phi) is 2.76. The molecule has 1 heterocycles. The van der Waals surface area contributed by atoms with E-state index >= 15 is 0 Å². The van der Waals surface area contributed by atoms with E-state index in [-0.39, 0.29) is 0 Å². The summed E-state index contributed by atoms with van der Waals surface area (Å²) < 4.78 is 1.15. The van der Waals surface area contributed by atoms with E-state index in [4.69, 9.17) is 0 Å². The minimum absolute atomic E-state index is 0.781. The molecule has 2 aromatic rings. The van der Waals surface area contributed by atoms with E-state index < -0.39 is 0 Å². The van der Waals surface area contributed by atoms with Crippen molar-refractivity contribution in [2.24, 2.45) is 0 Å². The van der Waals surface area contributed by atoms with Crippen LogP contribution in [-0.4, -0.2) is 4.98 Å². The van der Waals surface area contributed by atoms with Crippen molar-refractivity contribution in [3.05, 3.63) is 34.4 Å². The Bertz CT molecular complexity index is 494. The Morgan fingerprint density at radius 2 is 1.94 bits per heavy atom. The van der Waals surface area contributed by atoms with Gasteiger partial charge in [0.25, 0.3) is 0 Å². The van der Waals surface area contributed by atoms with Gasteiger partial charge in [0.1, 0.15) is 0 Å². The molecule has 1 aliphatic carbocycles. The third-order valence-electron chi connectivity index (χ3n) is 3.72. The lowest BCUT2D eigenvalue weighted by molar-refractivity contribution is 0.445. The van der Waals surface area contributed by atoms with Gasteiger partial charge in [-0.3, -0.25) is 0 Å². The van der Waals surface area contributed by atoms with Crippen LogP contribution in [0.4, 0.5) is 0 Å². The van der Waals surface area contributed by atoms with Crippen LogP contribution >= 0.6 is 15.9 Å². The van der Waals surface area contributed by atoms with Crippen LogP contribution in [0, 0.1) is 0 Å². The molecule has 1 nitrogen and oxygen atoms in total. The van der Waals surface area contributed by atoms with Gasteiger partial charge in [0.15, 0.2) is 0 Å². The van der Waals surface area contributed by atoms with Crippen LogP contribution in [0.15, 0.2) is 28.9 Å². The highest BCUT2D eigenvalue weighted by Gasteiger charge is 2.18. The van der Waals surface area contributed by atoms with Gasteiger partial charge in [-0.1, -0.05) is 41.3 Å². The third kappa shape index (κ3) is 1.80. The molecule has 1 aliphatic rings. The lowest BCUT2D eigenvalue weighted by Crippen LogP contribution is -2.03. The predicted molar refractivity (Wildman–Crippen MR) is 71.8 cm³/mol. The molecule has 0 aliphatic heterocycles. The summed E-state index contributed by atoms with van der Waals surface area (Å²) in [5.74, 6) is 0.781. The van der Waals surface area contributed by atoms with Crippen molar-refractivity contribution in [3.63, 3.8) is 0 Å². The van der Waals surface area contributed by atoms with Crippen molar-refractivity contribution in [1.82, 2.24) is 4.98 Å². The first-order chi connectivity index (χ1) is 7.84. The fraction of sp³-hybridized carbons (Fsp3) is 0.429. The van der Waals surface area contributed by atoms with Crippen LogP contribution in [-0.2, 0) is 0 Å². The second-order valence-electron chi connectivity index (χ2n) is 4.77. The van der Waals surface area contributed by atoms with Crippen LogP contribution in [0.2, 0.25) is 0 Å². The summed E-state index contributed by atoms with van der Waals surface area (Å²) in [7, 11) is 0. The van der Waals surface area contributed by atoms with Gasteiger partial charge in [-0.05, 0) is 36.5 Å².